The van der Waals surface area contributed by atoms with Gasteiger partial charge in [-0.2, -0.15) is 0 Å². The first-order valence-electron chi connectivity index (χ1n) is 7.45. The van der Waals surface area contributed by atoms with Crippen LogP contribution in [0.1, 0.15) is 11.1 Å². The van der Waals surface area contributed by atoms with Gasteiger partial charge in [-0.3, -0.25) is 4.79 Å². The van der Waals surface area contributed by atoms with Crippen LogP contribution in [0.5, 0.6) is 11.5 Å². The van der Waals surface area contributed by atoms with E-state index in [1.165, 1.54) is 14.2 Å². The maximum absolute atomic E-state index is 13.5. The Morgan fingerprint density at radius 1 is 1.04 bits per heavy atom. The molecule has 0 radical (unpaired) electrons. The number of hydrogen-bond acceptors (Lipinski definition) is 3. The standard InChI is InChI=1S/C18H19F2NO3/c1-23-16-6-3-12(9-17(16)24-2)10-18(22)21-8-7-13-11-14(19)4-5-15(13)20/h3-6,9,11H,7-8,10H2,1-2H3,(H,21,22). The van der Waals surface area contributed by atoms with E-state index in [0.717, 1.165) is 23.8 Å². The molecule has 0 aliphatic heterocycles. The molecule has 0 atom stereocenters. The monoisotopic (exact) mass is 335 g/mol. The molecule has 6 heteroatoms. The van der Waals surface area contributed by atoms with E-state index >= 15 is 0 Å². The van der Waals surface area contributed by atoms with Crippen LogP contribution < -0.4 is 14.8 Å². The van der Waals surface area contributed by atoms with Crippen LogP contribution in [-0.2, 0) is 17.6 Å². The highest BCUT2D eigenvalue weighted by atomic mass is 19.1. The quantitative estimate of drug-likeness (QED) is 0.846. The number of rotatable bonds is 7. The Morgan fingerprint density at radius 2 is 1.79 bits per heavy atom. The first kappa shape index (κ1) is 17.7. The zero-order valence-corrected chi connectivity index (χ0v) is 13.6. The first-order valence-corrected chi connectivity index (χ1v) is 7.45. The molecule has 0 bridgehead atoms. The van der Waals surface area contributed by atoms with Crippen molar-refractivity contribution in [2.45, 2.75) is 12.8 Å². The molecule has 0 saturated heterocycles. The fourth-order valence-electron chi connectivity index (χ4n) is 2.31. The zero-order valence-electron chi connectivity index (χ0n) is 13.6. The molecule has 0 saturated carbocycles. The second kappa shape index (κ2) is 8.29. The maximum Gasteiger partial charge on any atom is 0.224 e. The third kappa shape index (κ3) is 4.68. The summed E-state index contributed by atoms with van der Waals surface area (Å²) in [6, 6.07) is 8.50. The minimum Gasteiger partial charge on any atom is -0.493 e. The molecule has 2 aromatic rings. The Morgan fingerprint density at radius 3 is 2.50 bits per heavy atom. The molecule has 1 amide bonds. The molecular formula is C18H19F2NO3. The van der Waals surface area contributed by atoms with E-state index in [0.29, 0.717) is 11.5 Å². The van der Waals surface area contributed by atoms with Crippen molar-refractivity contribution in [3.8, 4) is 11.5 Å². The molecule has 0 unspecified atom stereocenters. The van der Waals surface area contributed by atoms with Gasteiger partial charge in [-0.05, 0) is 47.9 Å². The zero-order chi connectivity index (χ0) is 17.5. The Hall–Kier alpha value is -2.63. The lowest BCUT2D eigenvalue weighted by atomic mass is 10.1. The van der Waals surface area contributed by atoms with Gasteiger partial charge < -0.3 is 14.8 Å². The van der Waals surface area contributed by atoms with Crippen LogP contribution in [0.3, 0.4) is 0 Å². The summed E-state index contributed by atoms with van der Waals surface area (Å²) in [5, 5.41) is 2.69. The number of carbonyl (C=O) groups is 1. The van der Waals surface area contributed by atoms with Gasteiger partial charge in [-0.25, -0.2) is 8.78 Å². The summed E-state index contributed by atoms with van der Waals surface area (Å²) in [5.74, 6) is -0.0551. The van der Waals surface area contributed by atoms with Gasteiger partial charge in [0.05, 0.1) is 20.6 Å². The summed E-state index contributed by atoms with van der Waals surface area (Å²) in [4.78, 5) is 12.0. The van der Waals surface area contributed by atoms with Crippen molar-refractivity contribution in [3.05, 3.63) is 59.2 Å². The van der Waals surface area contributed by atoms with E-state index in [2.05, 4.69) is 5.32 Å². The molecule has 0 aliphatic rings. The van der Waals surface area contributed by atoms with Crippen molar-refractivity contribution in [3.63, 3.8) is 0 Å². The van der Waals surface area contributed by atoms with Crippen LogP contribution >= 0.6 is 0 Å². The van der Waals surface area contributed by atoms with E-state index < -0.39 is 11.6 Å². The molecule has 2 rings (SSSR count). The van der Waals surface area contributed by atoms with Gasteiger partial charge in [-0.1, -0.05) is 6.07 Å². The molecule has 0 aliphatic carbocycles. The number of amides is 1. The second-order valence-electron chi connectivity index (χ2n) is 5.20. The number of nitrogens with one attached hydrogen (secondary N) is 1. The highest BCUT2D eigenvalue weighted by Crippen LogP contribution is 2.27. The summed E-state index contributed by atoms with van der Waals surface area (Å²) in [6.45, 7) is 0.229. The summed E-state index contributed by atoms with van der Waals surface area (Å²) in [6.07, 6.45) is 0.382. The third-order valence-electron chi connectivity index (χ3n) is 3.54. The van der Waals surface area contributed by atoms with Crippen molar-refractivity contribution in [2.24, 2.45) is 0 Å². The van der Waals surface area contributed by atoms with E-state index in [9.17, 15) is 13.6 Å². The summed E-state index contributed by atoms with van der Waals surface area (Å²) in [5.41, 5.74) is 1.00. The molecule has 4 nitrogen and oxygen atoms in total. The lowest BCUT2D eigenvalue weighted by molar-refractivity contribution is -0.120. The molecule has 0 aromatic heterocycles. The van der Waals surface area contributed by atoms with Crippen molar-refractivity contribution in [1.29, 1.82) is 0 Å². The molecule has 24 heavy (non-hydrogen) atoms. The van der Waals surface area contributed by atoms with E-state index in [1.54, 1.807) is 18.2 Å². The van der Waals surface area contributed by atoms with Gasteiger partial charge in [0.25, 0.3) is 0 Å². The molecule has 0 spiro atoms. The smallest absolute Gasteiger partial charge is 0.224 e. The van der Waals surface area contributed by atoms with Gasteiger partial charge in [0.1, 0.15) is 11.6 Å². The molecule has 0 heterocycles. The second-order valence-corrected chi connectivity index (χ2v) is 5.20. The van der Waals surface area contributed by atoms with Crippen LogP contribution in [0, 0.1) is 11.6 Å². The van der Waals surface area contributed by atoms with E-state index in [1.807, 2.05) is 0 Å². The predicted octanol–water partition coefficient (Wildman–Crippen LogP) is 2.88. The normalized spacial score (nSPS) is 10.3. The van der Waals surface area contributed by atoms with Crippen LogP contribution in [0.4, 0.5) is 8.78 Å². The van der Waals surface area contributed by atoms with Gasteiger partial charge in [0, 0.05) is 6.54 Å². The molecule has 0 fully saturated rings. The average Bonchev–Trinajstić information content (AvgIpc) is 2.57. The number of hydrogen-bond donors (Lipinski definition) is 1. The molecule has 2 aromatic carbocycles. The van der Waals surface area contributed by atoms with Gasteiger partial charge in [-0.15, -0.1) is 0 Å². The SMILES string of the molecule is COc1ccc(CC(=O)NCCc2cc(F)ccc2F)cc1OC. The van der Waals surface area contributed by atoms with Crippen molar-refractivity contribution < 1.29 is 23.0 Å². The fourth-order valence-corrected chi connectivity index (χ4v) is 2.31. The minimum absolute atomic E-state index is 0.159. The fraction of sp³-hybridized carbons (Fsp3) is 0.278. The van der Waals surface area contributed by atoms with Crippen molar-refractivity contribution in [1.82, 2.24) is 5.32 Å². The average molecular weight is 335 g/mol. The van der Waals surface area contributed by atoms with Gasteiger partial charge in [0.2, 0.25) is 5.91 Å². The van der Waals surface area contributed by atoms with Crippen molar-refractivity contribution in [2.75, 3.05) is 20.8 Å². The summed E-state index contributed by atoms with van der Waals surface area (Å²) >= 11 is 0. The largest absolute Gasteiger partial charge is 0.493 e. The Kier molecular flexibility index (Phi) is 6.12. The predicted molar refractivity (Wildman–Crippen MR) is 86.3 cm³/mol. The number of halogens is 2. The summed E-state index contributed by atoms with van der Waals surface area (Å²) < 4.78 is 36.9. The third-order valence-corrected chi connectivity index (χ3v) is 3.54. The van der Waals surface area contributed by atoms with Crippen LogP contribution in [0.2, 0.25) is 0 Å². The van der Waals surface area contributed by atoms with Crippen LogP contribution in [-0.4, -0.2) is 26.7 Å². The molecule has 128 valence electrons. The summed E-state index contributed by atoms with van der Waals surface area (Å²) in [7, 11) is 3.06. The Bertz CT molecular complexity index is 719. The Labute approximate surface area is 139 Å². The minimum atomic E-state index is -0.497. The van der Waals surface area contributed by atoms with E-state index in [-0.39, 0.29) is 30.9 Å². The van der Waals surface area contributed by atoms with Crippen LogP contribution in [0.25, 0.3) is 0 Å². The first-order chi connectivity index (χ1) is 11.5. The van der Waals surface area contributed by atoms with Crippen LogP contribution in [0.15, 0.2) is 36.4 Å². The lowest BCUT2D eigenvalue weighted by Gasteiger charge is -2.10. The number of ether oxygens (including phenoxy) is 2. The highest BCUT2D eigenvalue weighted by molar-refractivity contribution is 5.78. The number of benzene rings is 2. The maximum atomic E-state index is 13.5. The highest BCUT2D eigenvalue weighted by Gasteiger charge is 2.09. The number of methoxy groups -OCH3 is 2. The van der Waals surface area contributed by atoms with Gasteiger partial charge >= 0.3 is 0 Å². The Balaban J connectivity index is 1.88. The van der Waals surface area contributed by atoms with Crippen molar-refractivity contribution >= 4 is 5.91 Å². The number of carbonyl (C=O) groups excluding carboxylic acids is 1. The lowest BCUT2D eigenvalue weighted by Crippen LogP contribution is -2.27. The molecule has 1 N–H and O–H groups in total. The van der Waals surface area contributed by atoms with Gasteiger partial charge in [0.15, 0.2) is 11.5 Å². The molecular weight excluding hydrogens is 316 g/mol. The van der Waals surface area contributed by atoms with E-state index in [4.69, 9.17) is 9.47 Å². The topological polar surface area (TPSA) is 47.6 Å².